The van der Waals surface area contributed by atoms with Gasteiger partial charge in [-0.3, -0.25) is 4.90 Å². The highest BCUT2D eigenvalue weighted by Crippen LogP contribution is 2.47. The Hall–Kier alpha value is -4.05. The van der Waals surface area contributed by atoms with Gasteiger partial charge in [0.15, 0.2) is 5.38 Å². The quantitative estimate of drug-likeness (QED) is 0.442. The van der Waals surface area contributed by atoms with Crippen molar-refractivity contribution in [1.82, 2.24) is 15.0 Å². The summed E-state index contributed by atoms with van der Waals surface area (Å²) in [5.74, 6) is 0.504. The first-order valence-corrected chi connectivity index (χ1v) is 10.2. The number of pyridine rings is 1. The molecule has 0 saturated heterocycles. The average molecular weight is 420 g/mol. The van der Waals surface area contributed by atoms with Crippen LogP contribution in [0.4, 0.5) is 26.7 Å². The van der Waals surface area contributed by atoms with Gasteiger partial charge < -0.3 is 15.2 Å². The smallest absolute Gasteiger partial charge is 0.437 e. The minimum atomic E-state index is -1.22. The van der Waals surface area contributed by atoms with Crippen molar-refractivity contribution < 1.29 is 19.4 Å². The maximum atomic E-state index is 13.0. The van der Waals surface area contributed by atoms with Gasteiger partial charge in [0.1, 0.15) is 27.3 Å². The molecule has 1 aliphatic heterocycles. The topological polar surface area (TPSA) is 118 Å². The van der Waals surface area contributed by atoms with Crippen molar-refractivity contribution >= 4 is 49.1 Å². The molecule has 30 heavy (non-hydrogen) atoms. The van der Waals surface area contributed by atoms with Crippen LogP contribution in [0.3, 0.4) is 0 Å². The Morgan fingerprint density at radius 3 is 2.67 bits per heavy atom. The highest BCUT2D eigenvalue weighted by atomic mass is 32.2. The molecule has 0 fully saturated rings. The number of carbonyl (C=O) groups is 2. The SMILES string of the molecule is Cc1c(Oc2ncccn2)cccc1N1C(=O)Nc2c[s+](C(=O)O)c3nccc1c23. The number of aromatic nitrogens is 3. The maximum absolute atomic E-state index is 13.0. The predicted molar refractivity (Wildman–Crippen MR) is 112 cm³/mol. The second kappa shape index (κ2) is 6.78. The van der Waals surface area contributed by atoms with Gasteiger partial charge in [0.25, 0.3) is 4.83 Å². The van der Waals surface area contributed by atoms with Gasteiger partial charge in [-0.15, -0.1) is 0 Å². The number of urea groups is 1. The van der Waals surface area contributed by atoms with E-state index in [1.807, 2.05) is 6.92 Å². The van der Waals surface area contributed by atoms with Gasteiger partial charge in [0.2, 0.25) is 0 Å². The number of ether oxygens (including phenoxy) is 1. The predicted octanol–water partition coefficient (Wildman–Crippen LogP) is 5.08. The van der Waals surface area contributed by atoms with Crippen molar-refractivity contribution in [3.05, 3.63) is 59.9 Å². The molecule has 1 aromatic carbocycles. The summed E-state index contributed by atoms with van der Waals surface area (Å²) in [4.78, 5) is 39.0. The largest absolute Gasteiger partial charge is 0.554 e. The Morgan fingerprint density at radius 2 is 1.90 bits per heavy atom. The first-order valence-electron chi connectivity index (χ1n) is 8.87. The Kier molecular flexibility index (Phi) is 4.07. The maximum Gasteiger partial charge on any atom is 0.554 e. The third kappa shape index (κ3) is 2.73. The number of hydrogen-bond donors (Lipinski definition) is 2. The second-order valence-corrected chi connectivity index (χ2v) is 8.09. The fraction of sp³-hybridized carbons (Fsp3) is 0.0500. The Morgan fingerprint density at radius 1 is 1.10 bits per heavy atom. The van der Waals surface area contributed by atoms with Crippen LogP contribution in [-0.4, -0.2) is 31.4 Å². The van der Waals surface area contributed by atoms with Gasteiger partial charge in [0.05, 0.1) is 11.4 Å². The van der Waals surface area contributed by atoms with Gasteiger partial charge in [-0.1, -0.05) is 6.07 Å². The number of carbonyl (C=O) groups excluding carboxylic acids is 1. The van der Waals surface area contributed by atoms with Gasteiger partial charge in [0, 0.05) is 24.2 Å². The number of anilines is 3. The summed E-state index contributed by atoms with van der Waals surface area (Å²) < 4.78 is 5.79. The molecule has 0 radical (unpaired) electrons. The Bertz CT molecular complexity index is 1320. The standard InChI is InChI=1S/C20H13N5O4S/c1-11-13(4-2-5-15(11)29-18-22-7-3-8-23-18)25-14-6-9-21-17-16(14)12(24-19(25)26)10-30(17)20(27)28/h2-10H,1H3,(H-,24,26,27,28)/p+1. The lowest BCUT2D eigenvalue weighted by atomic mass is 10.1. The molecule has 0 saturated carbocycles. The molecule has 148 valence electrons. The minimum absolute atomic E-state index is 0.196. The number of rotatable bonds is 4. The molecule has 0 bridgehead atoms. The van der Waals surface area contributed by atoms with Crippen LogP contribution < -0.4 is 15.0 Å². The molecule has 1 unspecified atom stereocenters. The number of carboxylic acid groups (broad SMARTS) is 1. The number of amides is 2. The first kappa shape index (κ1) is 18.0. The van der Waals surface area contributed by atoms with Crippen LogP contribution in [0.5, 0.6) is 11.8 Å². The Balaban J connectivity index is 1.65. The number of thiophene rings is 1. The molecule has 10 heteroatoms. The van der Waals surface area contributed by atoms with E-state index < -0.39 is 21.8 Å². The van der Waals surface area contributed by atoms with E-state index >= 15 is 0 Å². The van der Waals surface area contributed by atoms with E-state index in [1.165, 1.54) is 16.5 Å². The molecule has 4 aromatic rings. The number of hydrogen-bond acceptors (Lipinski definition) is 6. The highest BCUT2D eigenvalue weighted by molar-refractivity contribution is 7.54. The molecular formula is C20H14N5O4S+. The van der Waals surface area contributed by atoms with Crippen molar-refractivity contribution in [3.63, 3.8) is 0 Å². The lowest BCUT2D eigenvalue weighted by molar-refractivity contribution is 0.221. The summed E-state index contributed by atoms with van der Waals surface area (Å²) in [5.41, 5.74) is 2.34. The molecule has 3 aromatic heterocycles. The zero-order valence-corrected chi connectivity index (χ0v) is 16.4. The highest BCUT2D eigenvalue weighted by Gasteiger charge is 2.36. The molecule has 1 atom stereocenters. The summed E-state index contributed by atoms with van der Waals surface area (Å²) in [7, 11) is -1.22. The monoisotopic (exact) mass is 420 g/mol. The van der Waals surface area contributed by atoms with Crippen LogP contribution in [0.1, 0.15) is 5.56 Å². The second-order valence-electron chi connectivity index (χ2n) is 6.44. The van der Waals surface area contributed by atoms with Gasteiger partial charge in [-0.25, -0.2) is 19.7 Å². The molecule has 4 heterocycles. The van der Waals surface area contributed by atoms with Crippen LogP contribution in [0.15, 0.2) is 54.3 Å². The van der Waals surface area contributed by atoms with Crippen LogP contribution >= 0.6 is 10.5 Å². The van der Waals surface area contributed by atoms with Crippen LogP contribution in [0, 0.1) is 6.92 Å². The molecule has 0 spiro atoms. The van der Waals surface area contributed by atoms with Crippen molar-refractivity contribution in [3.8, 4) is 11.8 Å². The zero-order chi connectivity index (χ0) is 20.8. The van der Waals surface area contributed by atoms with Crippen molar-refractivity contribution in [2.75, 3.05) is 10.2 Å². The van der Waals surface area contributed by atoms with Crippen molar-refractivity contribution in [1.29, 1.82) is 0 Å². The van der Waals surface area contributed by atoms with E-state index in [1.54, 1.807) is 42.7 Å². The molecule has 2 N–H and O–H groups in total. The molecule has 2 amide bonds. The summed E-state index contributed by atoms with van der Waals surface area (Å²) >= 11 is 0. The van der Waals surface area contributed by atoms with Gasteiger partial charge >= 0.3 is 17.3 Å². The summed E-state index contributed by atoms with van der Waals surface area (Å²) in [6, 6.07) is 8.52. The first-order chi connectivity index (χ1) is 14.5. The minimum Gasteiger partial charge on any atom is -0.437 e. The van der Waals surface area contributed by atoms with Gasteiger partial charge in [-0.05, 0) is 31.2 Å². The van der Waals surface area contributed by atoms with E-state index in [2.05, 4.69) is 20.3 Å². The normalized spacial score (nSPS) is 13.3. The number of nitrogens with one attached hydrogen (secondary N) is 1. The fourth-order valence-electron chi connectivity index (χ4n) is 3.41. The molecule has 9 nitrogen and oxygen atoms in total. The average Bonchev–Trinajstić information content (AvgIpc) is 3.11. The lowest BCUT2D eigenvalue weighted by Crippen LogP contribution is -2.34. The number of nitrogens with zero attached hydrogens (tertiary/aromatic N) is 4. The van der Waals surface area contributed by atoms with Crippen LogP contribution in [-0.2, 0) is 0 Å². The van der Waals surface area contributed by atoms with E-state index in [0.29, 0.717) is 38.6 Å². The number of benzene rings is 1. The lowest BCUT2D eigenvalue weighted by Gasteiger charge is -2.28. The summed E-state index contributed by atoms with van der Waals surface area (Å²) in [6.07, 6.45) is 4.67. The molecule has 1 aliphatic rings. The van der Waals surface area contributed by atoms with Crippen LogP contribution in [0.25, 0.3) is 10.2 Å². The summed E-state index contributed by atoms with van der Waals surface area (Å²) in [6.45, 7) is 1.83. The summed E-state index contributed by atoms with van der Waals surface area (Å²) in [5, 5.41) is 13.5. The third-order valence-corrected chi connectivity index (χ3v) is 6.29. The van der Waals surface area contributed by atoms with Crippen molar-refractivity contribution in [2.45, 2.75) is 6.92 Å². The van der Waals surface area contributed by atoms with E-state index in [9.17, 15) is 14.7 Å². The van der Waals surface area contributed by atoms with E-state index in [-0.39, 0.29) is 6.01 Å². The molecule has 5 rings (SSSR count). The molecule has 0 aliphatic carbocycles. The van der Waals surface area contributed by atoms with Crippen LogP contribution in [0.2, 0.25) is 0 Å². The third-order valence-electron chi connectivity index (χ3n) is 4.72. The van der Waals surface area contributed by atoms with Crippen molar-refractivity contribution in [2.24, 2.45) is 0 Å². The van der Waals surface area contributed by atoms with E-state index in [4.69, 9.17) is 4.74 Å². The Labute approximate surface area is 172 Å². The van der Waals surface area contributed by atoms with Gasteiger partial charge in [-0.2, -0.15) is 4.79 Å². The zero-order valence-electron chi connectivity index (χ0n) is 15.6. The van der Waals surface area contributed by atoms with E-state index in [0.717, 1.165) is 0 Å². The molecular weight excluding hydrogens is 406 g/mol. The fourth-order valence-corrected chi connectivity index (χ4v) is 4.81.